The lowest BCUT2D eigenvalue weighted by atomic mass is 10.1. The quantitative estimate of drug-likeness (QED) is 0.225. The summed E-state index contributed by atoms with van der Waals surface area (Å²) in [5.41, 5.74) is 4.58. The van der Waals surface area contributed by atoms with E-state index in [0.29, 0.717) is 51.3 Å². The Bertz CT molecular complexity index is 1530. The molecule has 4 aromatic rings. The lowest BCUT2D eigenvalue weighted by Gasteiger charge is -2.40. The standard InChI is InChI=1S/C32H33N7O3/c33-19-26-6-8-28(9-7-26)22-37-24-34-20-29(37)10-13-35-32(41)30-23-36(21-27-4-2-1-3-5-27)16-17-39(30)31(40)18-25-11-14-38(42)15-12-25/h1-9,11-12,14-15,20,24,30H,10,13,16-18,21-23H2,(H-,35,41,42)/p+1/t30-/m1/s1. The van der Waals surface area contributed by atoms with Gasteiger partial charge in [0.05, 0.1) is 24.4 Å². The van der Waals surface area contributed by atoms with Gasteiger partial charge in [-0.2, -0.15) is 5.26 Å². The highest BCUT2D eigenvalue weighted by molar-refractivity contribution is 5.89. The minimum absolute atomic E-state index is 0.120. The van der Waals surface area contributed by atoms with E-state index in [1.807, 2.05) is 34.9 Å². The summed E-state index contributed by atoms with van der Waals surface area (Å²) in [6.07, 6.45) is 7.26. The molecule has 1 atom stereocenters. The van der Waals surface area contributed by atoms with Gasteiger partial charge in [-0.15, -0.1) is 0 Å². The molecule has 0 saturated carbocycles. The Kier molecular flexibility index (Phi) is 9.21. The smallest absolute Gasteiger partial charge is 0.244 e. The van der Waals surface area contributed by atoms with Crippen LogP contribution in [0.5, 0.6) is 0 Å². The van der Waals surface area contributed by atoms with Gasteiger partial charge in [0, 0.05) is 74.4 Å². The molecule has 0 aliphatic carbocycles. The van der Waals surface area contributed by atoms with Crippen LogP contribution in [0.25, 0.3) is 0 Å². The molecule has 1 aliphatic rings. The fourth-order valence-corrected chi connectivity index (χ4v) is 5.20. The minimum Gasteiger partial charge on any atom is -0.354 e. The number of benzene rings is 2. The van der Waals surface area contributed by atoms with Crippen molar-refractivity contribution in [2.45, 2.75) is 32.0 Å². The van der Waals surface area contributed by atoms with Gasteiger partial charge in [-0.3, -0.25) is 19.7 Å². The Morgan fingerprint density at radius 3 is 2.45 bits per heavy atom. The van der Waals surface area contributed by atoms with Crippen LogP contribution < -0.4 is 10.0 Å². The van der Waals surface area contributed by atoms with Gasteiger partial charge in [0.15, 0.2) is 0 Å². The van der Waals surface area contributed by atoms with Crippen LogP contribution in [0.2, 0.25) is 0 Å². The maximum Gasteiger partial charge on any atom is 0.244 e. The monoisotopic (exact) mass is 564 g/mol. The highest BCUT2D eigenvalue weighted by atomic mass is 16.5. The molecule has 10 heteroatoms. The van der Waals surface area contributed by atoms with Crippen molar-refractivity contribution in [3.05, 3.63) is 120 Å². The number of hydrogen-bond acceptors (Lipinski definition) is 6. The van der Waals surface area contributed by atoms with Crippen molar-refractivity contribution in [2.24, 2.45) is 0 Å². The lowest BCUT2D eigenvalue weighted by molar-refractivity contribution is -0.904. The fraction of sp³-hybridized carbons (Fsp3) is 0.281. The summed E-state index contributed by atoms with van der Waals surface area (Å²) in [5.74, 6) is -0.300. The van der Waals surface area contributed by atoms with E-state index in [1.54, 1.807) is 41.7 Å². The van der Waals surface area contributed by atoms with Crippen LogP contribution in [0.15, 0.2) is 91.6 Å². The predicted molar refractivity (Wildman–Crippen MR) is 154 cm³/mol. The van der Waals surface area contributed by atoms with Crippen LogP contribution in [-0.2, 0) is 35.5 Å². The summed E-state index contributed by atoms with van der Waals surface area (Å²) in [6, 6.07) is 22.5. The SMILES string of the molecule is N#Cc1ccc(Cn2cncc2CCNC(=O)[C@H]2CN(Cc3ccccc3)CCN2C(=O)Cc2cc[n+](O)cc2)cc1. The number of amides is 2. The van der Waals surface area contributed by atoms with Gasteiger partial charge in [0.1, 0.15) is 6.04 Å². The molecule has 0 unspecified atom stereocenters. The van der Waals surface area contributed by atoms with E-state index >= 15 is 0 Å². The number of piperazine rings is 1. The van der Waals surface area contributed by atoms with E-state index in [0.717, 1.165) is 27.1 Å². The Morgan fingerprint density at radius 2 is 1.71 bits per heavy atom. The van der Waals surface area contributed by atoms with Crippen LogP contribution in [-0.4, -0.2) is 68.6 Å². The van der Waals surface area contributed by atoms with Crippen LogP contribution in [0, 0.1) is 11.3 Å². The van der Waals surface area contributed by atoms with E-state index in [4.69, 9.17) is 5.26 Å². The Hall–Kier alpha value is -5.01. The van der Waals surface area contributed by atoms with Crippen molar-refractivity contribution in [3.8, 4) is 6.07 Å². The zero-order chi connectivity index (χ0) is 29.3. The topological polar surface area (TPSA) is 118 Å². The Morgan fingerprint density at radius 1 is 0.976 bits per heavy atom. The lowest BCUT2D eigenvalue weighted by Crippen LogP contribution is -2.60. The normalized spacial score (nSPS) is 15.2. The number of hydrogen-bond donors (Lipinski definition) is 2. The maximum atomic E-state index is 13.6. The molecule has 42 heavy (non-hydrogen) atoms. The average Bonchev–Trinajstić information content (AvgIpc) is 3.45. The number of carbonyl (C=O) groups excluding carboxylic acids is 2. The van der Waals surface area contributed by atoms with Crippen molar-refractivity contribution >= 4 is 11.8 Å². The zero-order valence-corrected chi connectivity index (χ0v) is 23.3. The van der Waals surface area contributed by atoms with Gasteiger partial charge < -0.3 is 14.8 Å². The minimum atomic E-state index is -0.620. The van der Waals surface area contributed by atoms with E-state index in [9.17, 15) is 14.8 Å². The summed E-state index contributed by atoms with van der Waals surface area (Å²) >= 11 is 0. The number of carbonyl (C=O) groups is 2. The zero-order valence-electron chi connectivity index (χ0n) is 23.3. The number of pyridine rings is 1. The van der Waals surface area contributed by atoms with E-state index in [1.165, 1.54) is 12.4 Å². The second kappa shape index (κ2) is 13.6. The first-order valence-electron chi connectivity index (χ1n) is 14.0. The molecule has 10 nitrogen and oxygen atoms in total. The third-order valence-corrected chi connectivity index (χ3v) is 7.49. The van der Waals surface area contributed by atoms with Crippen molar-refractivity contribution in [1.82, 2.24) is 24.7 Å². The van der Waals surface area contributed by atoms with Gasteiger partial charge in [-0.1, -0.05) is 42.5 Å². The summed E-state index contributed by atoms with van der Waals surface area (Å²) in [6.45, 7) is 3.29. The number of imidazole rings is 1. The molecule has 0 bridgehead atoms. The first kappa shape index (κ1) is 28.5. The molecule has 1 aliphatic heterocycles. The van der Waals surface area contributed by atoms with Gasteiger partial charge >= 0.3 is 0 Å². The van der Waals surface area contributed by atoms with Crippen molar-refractivity contribution < 1.29 is 19.5 Å². The summed E-state index contributed by atoms with van der Waals surface area (Å²) in [7, 11) is 0. The van der Waals surface area contributed by atoms with E-state index < -0.39 is 6.04 Å². The fourth-order valence-electron chi connectivity index (χ4n) is 5.20. The molecule has 3 heterocycles. The summed E-state index contributed by atoms with van der Waals surface area (Å²) < 4.78 is 2.96. The largest absolute Gasteiger partial charge is 0.354 e. The molecule has 1 saturated heterocycles. The average molecular weight is 565 g/mol. The summed E-state index contributed by atoms with van der Waals surface area (Å²) in [4.78, 5) is 35.1. The predicted octanol–water partition coefficient (Wildman–Crippen LogP) is 1.94. The second-order valence-electron chi connectivity index (χ2n) is 10.4. The second-order valence-corrected chi connectivity index (χ2v) is 10.4. The number of aromatic nitrogens is 3. The van der Waals surface area contributed by atoms with Crippen LogP contribution in [0.4, 0.5) is 0 Å². The highest BCUT2D eigenvalue weighted by Gasteiger charge is 2.35. The molecule has 5 rings (SSSR count). The third-order valence-electron chi connectivity index (χ3n) is 7.49. The number of rotatable bonds is 10. The molecule has 1 fully saturated rings. The van der Waals surface area contributed by atoms with Crippen molar-refractivity contribution in [3.63, 3.8) is 0 Å². The molecular weight excluding hydrogens is 530 g/mol. The number of nitrogens with one attached hydrogen (secondary N) is 1. The van der Waals surface area contributed by atoms with E-state index in [2.05, 4.69) is 33.4 Å². The van der Waals surface area contributed by atoms with Crippen molar-refractivity contribution in [1.29, 1.82) is 5.26 Å². The molecule has 2 aromatic heterocycles. The molecule has 0 radical (unpaired) electrons. The van der Waals surface area contributed by atoms with Crippen LogP contribution in [0.1, 0.15) is 27.9 Å². The maximum absolute atomic E-state index is 13.6. The number of nitriles is 1. The highest BCUT2D eigenvalue weighted by Crippen LogP contribution is 2.16. The Balaban J connectivity index is 1.23. The summed E-state index contributed by atoms with van der Waals surface area (Å²) in [5, 5.41) is 21.6. The molecule has 214 valence electrons. The molecule has 2 N–H and O–H groups in total. The van der Waals surface area contributed by atoms with Gasteiger partial charge in [-0.05, 0) is 28.8 Å². The van der Waals surface area contributed by atoms with Crippen molar-refractivity contribution in [2.75, 3.05) is 26.2 Å². The number of nitrogens with zero attached hydrogens (tertiary/aromatic N) is 6. The first-order chi connectivity index (χ1) is 20.5. The van der Waals surface area contributed by atoms with Crippen LogP contribution in [0.3, 0.4) is 0 Å². The molecular formula is C32H34N7O3+. The van der Waals surface area contributed by atoms with Gasteiger partial charge in [-0.25, -0.2) is 4.98 Å². The first-order valence-corrected chi connectivity index (χ1v) is 14.0. The molecule has 2 amide bonds. The molecule has 2 aromatic carbocycles. The van der Waals surface area contributed by atoms with Gasteiger partial charge in [0.25, 0.3) is 0 Å². The van der Waals surface area contributed by atoms with Gasteiger partial charge in [0.2, 0.25) is 24.2 Å². The molecule has 0 spiro atoms. The Labute approximate surface area is 245 Å². The van der Waals surface area contributed by atoms with E-state index in [-0.39, 0.29) is 18.2 Å². The van der Waals surface area contributed by atoms with Crippen LogP contribution >= 0.6 is 0 Å². The third kappa shape index (κ3) is 7.38.